The van der Waals surface area contributed by atoms with E-state index in [2.05, 4.69) is 5.32 Å². The molecule has 1 aliphatic rings. The molecule has 4 heteroatoms. The molecular weight excluding hydrogens is 218 g/mol. The fourth-order valence-electron chi connectivity index (χ4n) is 1.63. The first kappa shape index (κ1) is 12.2. The maximum Gasteiger partial charge on any atom is 0.188 e. The number of rotatable bonds is 7. The fraction of sp³-hybridized carbons (Fsp3) is 0.538. The lowest BCUT2D eigenvalue weighted by Gasteiger charge is -2.12. The monoisotopic (exact) mass is 237 g/mol. The van der Waals surface area contributed by atoms with Crippen LogP contribution in [-0.2, 0) is 11.3 Å². The van der Waals surface area contributed by atoms with E-state index in [0.29, 0.717) is 6.04 Å². The molecule has 0 heterocycles. The standard InChI is InChI=1S/C13H19NO3/c1-15-9-17-13-6-5-12(16-2)7-10(13)8-14-11-3-4-11/h5-7,11,14H,3-4,8-9H2,1-2H3. The van der Waals surface area contributed by atoms with Crippen molar-refractivity contribution in [3.8, 4) is 11.5 Å². The molecular formula is C13H19NO3. The zero-order valence-corrected chi connectivity index (χ0v) is 10.4. The predicted octanol–water partition coefficient (Wildman–Crippen LogP) is 1.93. The van der Waals surface area contributed by atoms with Crippen LogP contribution in [0.5, 0.6) is 11.5 Å². The summed E-state index contributed by atoms with van der Waals surface area (Å²) in [5.74, 6) is 1.70. The molecule has 94 valence electrons. The van der Waals surface area contributed by atoms with Crippen LogP contribution in [0.2, 0.25) is 0 Å². The second-order valence-corrected chi connectivity index (χ2v) is 4.18. The van der Waals surface area contributed by atoms with Crippen LogP contribution in [0, 0.1) is 0 Å². The Kier molecular flexibility index (Phi) is 4.23. The van der Waals surface area contributed by atoms with Gasteiger partial charge in [-0.25, -0.2) is 0 Å². The van der Waals surface area contributed by atoms with E-state index in [9.17, 15) is 0 Å². The largest absolute Gasteiger partial charge is 0.497 e. The van der Waals surface area contributed by atoms with E-state index in [1.54, 1.807) is 14.2 Å². The summed E-state index contributed by atoms with van der Waals surface area (Å²) in [6, 6.07) is 6.49. The highest BCUT2D eigenvalue weighted by molar-refractivity contribution is 5.40. The van der Waals surface area contributed by atoms with Crippen molar-refractivity contribution in [1.29, 1.82) is 0 Å². The summed E-state index contributed by atoms with van der Waals surface area (Å²) in [4.78, 5) is 0. The Morgan fingerprint density at radius 2 is 2.12 bits per heavy atom. The van der Waals surface area contributed by atoms with Crippen molar-refractivity contribution in [2.45, 2.75) is 25.4 Å². The highest BCUT2D eigenvalue weighted by atomic mass is 16.7. The maximum atomic E-state index is 5.52. The van der Waals surface area contributed by atoms with Gasteiger partial charge in [-0.2, -0.15) is 0 Å². The zero-order valence-electron chi connectivity index (χ0n) is 10.4. The van der Waals surface area contributed by atoms with Crippen LogP contribution < -0.4 is 14.8 Å². The van der Waals surface area contributed by atoms with Crippen molar-refractivity contribution < 1.29 is 14.2 Å². The first-order chi connectivity index (χ1) is 8.33. The van der Waals surface area contributed by atoms with E-state index >= 15 is 0 Å². The molecule has 1 aromatic rings. The quantitative estimate of drug-likeness (QED) is 0.736. The van der Waals surface area contributed by atoms with Crippen molar-refractivity contribution >= 4 is 0 Å². The van der Waals surface area contributed by atoms with Crippen LogP contribution in [0.1, 0.15) is 18.4 Å². The molecule has 0 radical (unpaired) electrons. The minimum absolute atomic E-state index is 0.267. The van der Waals surface area contributed by atoms with Gasteiger partial charge in [0, 0.05) is 25.3 Å². The van der Waals surface area contributed by atoms with Crippen molar-refractivity contribution in [1.82, 2.24) is 5.32 Å². The van der Waals surface area contributed by atoms with E-state index in [4.69, 9.17) is 14.2 Å². The normalized spacial score (nSPS) is 14.7. The van der Waals surface area contributed by atoms with Gasteiger partial charge in [0.05, 0.1) is 7.11 Å². The lowest BCUT2D eigenvalue weighted by molar-refractivity contribution is 0.0503. The van der Waals surface area contributed by atoms with E-state index < -0.39 is 0 Å². The predicted molar refractivity (Wildman–Crippen MR) is 65.4 cm³/mol. The van der Waals surface area contributed by atoms with Crippen LogP contribution in [-0.4, -0.2) is 27.1 Å². The Bertz CT molecular complexity index is 364. The zero-order chi connectivity index (χ0) is 12.1. The topological polar surface area (TPSA) is 39.7 Å². The van der Waals surface area contributed by atoms with Gasteiger partial charge in [0.1, 0.15) is 11.5 Å². The average molecular weight is 237 g/mol. The summed E-state index contributed by atoms with van der Waals surface area (Å²) in [6.07, 6.45) is 2.55. The highest BCUT2D eigenvalue weighted by Crippen LogP contribution is 2.26. The van der Waals surface area contributed by atoms with Crippen LogP contribution in [0.4, 0.5) is 0 Å². The van der Waals surface area contributed by atoms with Crippen molar-refractivity contribution in [3.63, 3.8) is 0 Å². The minimum atomic E-state index is 0.267. The number of hydrogen-bond donors (Lipinski definition) is 1. The molecule has 0 unspecified atom stereocenters. The molecule has 0 amide bonds. The van der Waals surface area contributed by atoms with E-state index in [1.165, 1.54) is 12.8 Å². The second-order valence-electron chi connectivity index (χ2n) is 4.18. The Hall–Kier alpha value is -1.26. The van der Waals surface area contributed by atoms with Gasteiger partial charge in [-0.1, -0.05) is 0 Å². The number of methoxy groups -OCH3 is 2. The summed E-state index contributed by atoms with van der Waals surface area (Å²) < 4.78 is 15.7. The molecule has 2 rings (SSSR count). The molecule has 1 fully saturated rings. The number of benzene rings is 1. The van der Waals surface area contributed by atoms with E-state index in [1.807, 2.05) is 18.2 Å². The number of ether oxygens (including phenoxy) is 3. The summed E-state index contributed by atoms with van der Waals surface area (Å²) in [5, 5.41) is 3.46. The summed E-state index contributed by atoms with van der Waals surface area (Å²) in [7, 11) is 3.29. The molecule has 17 heavy (non-hydrogen) atoms. The lowest BCUT2D eigenvalue weighted by Crippen LogP contribution is -2.16. The molecule has 1 aromatic carbocycles. The highest BCUT2D eigenvalue weighted by Gasteiger charge is 2.20. The summed E-state index contributed by atoms with van der Waals surface area (Å²) >= 11 is 0. The van der Waals surface area contributed by atoms with Gasteiger partial charge in [-0.3, -0.25) is 0 Å². The van der Waals surface area contributed by atoms with Gasteiger partial charge in [0.2, 0.25) is 0 Å². The molecule has 4 nitrogen and oxygen atoms in total. The molecule has 0 atom stereocenters. The van der Waals surface area contributed by atoms with Crippen molar-refractivity contribution in [2.24, 2.45) is 0 Å². The minimum Gasteiger partial charge on any atom is -0.497 e. The van der Waals surface area contributed by atoms with Crippen molar-refractivity contribution in [3.05, 3.63) is 23.8 Å². The second kappa shape index (κ2) is 5.89. The first-order valence-corrected chi connectivity index (χ1v) is 5.85. The van der Waals surface area contributed by atoms with E-state index in [0.717, 1.165) is 23.6 Å². The first-order valence-electron chi connectivity index (χ1n) is 5.85. The molecule has 1 saturated carbocycles. The fourth-order valence-corrected chi connectivity index (χ4v) is 1.63. The van der Waals surface area contributed by atoms with Crippen LogP contribution in [0.15, 0.2) is 18.2 Å². The smallest absolute Gasteiger partial charge is 0.188 e. The SMILES string of the molecule is COCOc1ccc(OC)cc1CNC1CC1. The van der Waals surface area contributed by atoms with Gasteiger partial charge >= 0.3 is 0 Å². The van der Waals surface area contributed by atoms with Crippen LogP contribution in [0.25, 0.3) is 0 Å². The third-order valence-corrected chi connectivity index (χ3v) is 2.76. The molecule has 0 spiro atoms. The van der Waals surface area contributed by atoms with Gasteiger partial charge < -0.3 is 19.5 Å². The Labute approximate surface area is 102 Å². The molecule has 1 N–H and O–H groups in total. The Morgan fingerprint density at radius 1 is 1.29 bits per heavy atom. The number of nitrogens with one attached hydrogen (secondary N) is 1. The molecule has 0 saturated heterocycles. The summed E-state index contributed by atoms with van der Waals surface area (Å²) in [6.45, 7) is 1.07. The van der Waals surface area contributed by atoms with Crippen LogP contribution >= 0.6 is 0 Å². The van der Waals surface area contributed by atoms with Gasteiger partial charge in [-0.15, -0.1) is 0 Å². The van der Waals surface area contributed by atoms with E-state index in [-0.39, 0.29) is 6.79 Å². The number of hydrogen-bond acceptors (Lipinski definition) is 4. The Morgan fingerprint density at radius 3 is 2.76 bits per heavy atom. The van der Waals surface area contributed by atoms with Gasteiger partial charge in [0.25, 0.3) is 0 Å². The Balaban J connectivity index is 2.04. The van der Waals surface area contributed by atoms with Crippen molar-refractivity contribution in [2.75, 3.05) is 21.0 Å². The van der Waals surface area contributed by atoms with Gasteiger partial charge in [0.15, 0.2) is 6.79 Å². The van der Waals surface area contributed by atoms with Gasteiger partial charge in [-0.05, 0) is 31.0 Å². The molecule has 0 aliphatic heterocycles. The molecule has 1 aliphatic carbocycles. The lowest BCUT2D eigenvalue weighted by atomic mass is 10.2. The average Bonchev–Trinajstić information content (AvgIpc) is 3.18. The molecule has 0 aromatic heterocycles. The maximum absolute atomic E-state index is 5.52. The van der Waals surface area contributed by atoms with Crippen LogP contribution in [0.3, 0.4) is 0 Å². The third kappa shape index (κ3) is 3.61. The summed E-state index contributed by atoms with van der Waals surface area (Å²) in [5.41, 5.74) is 1.10. The third-order valence-electron chi connectivity index (χ3n) is 2.76. The molecule has 0 bridgehead atoms.